The lowest BCUT2D eigenvalue weighted by molar-refractivity contribution is -0.141. The molecule has 0 aliphatic heterocycles. The Morgan fingerprint density at radius 3 is 2.50 bits per heavy atom. The Bertz CT molecular complexity index is 874. The Hall–Kier alpha value is -2.18. The van der Waals surface area contributed by atoms with E-state index in [1.54, 1.807) is 23.8 Å². The van der Waals surface area contributed by atoms with Crippen molar-refractivity contribution in [3.63, 3.8) is 0 Å². The predicted molar refractivity (Wildman–Crippen MR) is 132 cm³/mol. The van der Waals surface area contributed by atoms with Crippen LogP contribution < -0.4 is 10.1 Å². The molecule has 32 heavy (non-hydrogen) atoms. The number of benzene rings is 2. The first-order valence-electron chi connectivity index (χ1n) is 10.9. The normalized spacial score (nSPS) is 11.8. The zero-order valence-electron chi connectivity index (χ0n) is 19.3. The van der Waals surface area contributed by atoms with E-state index < -0.39 is 6.04 Å². The van der Waals surface area contributed by atoms with Crippen molar-refractivity contribution < 1.29 is 14.3 Å². The second kappa shape index (κ2) is 13.4. The molecule has 0 spiro atoms. The van der Waals surface area contributed by atoms with Crippen LogP contribution in [0.25, 0.3) is 0 Å². The van der Waals surface area contributed by atoms with E-state index in [1.165, 1.54) is 0 Å². The highest BCUT2D eigenvalue weighted by atomic mass is 35.5. The molecule has 174 valence electrons. The third-order valence-electron chi connectivity index (χ3n) is 4.96. The van der Waals surface area contributed by atoms with E-state index in [1.807, 2.05) is 69.3 Å². The Labute approximate surface area is 200 Å². The number of methoxy groups -OCH3 is 1. The van der Waals surface area contributed by atoms with Crippen LogP contribution in [0.1, 0.15) is 39.2 Å². The van der Waals surface area contributed by atoms with Gasteiger partial charge in [0.1, 0.15) is 11.8 Å². The third kappa shape index (κ3) is 8.40. The number of nitrogens with one attached hydrogen (secondary N) is 1. The van der Waals surface area contributed by atoms with Gasteiger partial charge in [-0.15, -0.1) is 11.8 Å². The first kappa shape index (κ1) is 26.1. The summed E-state index contributed by atoms with van der Waals surface area (Å²) in [5.41, 5.74) is 0.929. The molecule has 2 rings (SSSR count). The summed E-state index contributed by atoms with van der Waals surface area (Å²) in [7, 11) is 1.62. The van der Waals surface area contributed by atoms with Crippen molar-refractivity contribution in [2.24, 2.45) is 5.92 Å². The molecule has 5 nitrogen and oxygen atoms in total. The molecule has 0 bridgehead atoms. The largest absolute Gasteiger partial charge is 0.497 e. The molecule has 0 fully saturated rings. The minimum absolute atomic E-state index is 0.0409. The lowest BCUT2D eigenvalue weighted by Crippen LogP contribution is -2.49. The number of carbonyl (C=O) groups is 2. The number of nitrogens with zero attached hydrogens (tertiary/aromatic N) is 1. The van der Waals surface area contributed by atoms with Gasteiger partial charge in [0.15, 0.2) is 0 Å². The Morgan fingerprint density at radius 1 is 1.16 bits per heavy atom. The lowest BCUT2D eigenvalue weighted by atomic mass is 10.1. The molecule has 0 aromatic heterocycles. The molecule has 7 heteroatoms. The molecule has 0 saturated carbocycles. The van der Waals surface area contributed by atoms with E-state index >= 15 is 0 Å². The van der Waals surface area contributed by atoms with Gasteiger partial charge < -0.3 is 15.0 Å². The van der Waals surface area contributed by atoms with E-state index in [0.29, 0.717) is 42.6 Å². The fourth-order valence-corrected chi connectivity index (χ4v) is 4.21. The van der Waals surface area contributed by atoms with Crippen LogP contribution in [0.5, 0.6) is 5.75 Å². The van der Waals surface area contributed by atoms with Crippen LogP contribution >= 0.6 is 23.4 Å². The number of amides is 2. The second-order valence-corrected chi connectivity index (χ2v) is 9.59. The number of carbonyl (C=O) groups excluding carboxylic acids is 2. The van der Waals surface area contributed by atoms with Crippen molar-refractivity contribution in [3.8, 4) is 5.75 Å². The molecule has 2 amide bonds. The smallest absolute Gasteiger partial charge is 0.242 e. The summed E-state index contributed by atoms with van der Waals surface area (Å²) in [5, 5.41) is 3.68. The number of hydrogen-bond acceptors (Lipinski definition) is 4. The topological polar surface area (TPSA) is 58.6 Å². The van der Waals surface area contributed by atoms with E-state index in [9.17, 15) is 9.59 Å². The Morgan fingerprint density at radius 2 is 1.88 bits per heavy atom. The van der Waals surface area contributed by atoms with Crippen LogP contribution in [0, 0.1) is 5.92 Å². The van der Waals surface area contributed by atoms with Crippen molar-refractivity contribution in [1.82, 2.24) is 10.2 Å². The quantitative estimate of drug-likeness (QED) is 0.416. The monoisotopic (exact) mass is 476 g/mol. The van der Waals surface area contributed by atoms with Gasteiger partial charge in [0.05, 0.1) is 7.11 Å². The van der Waals surface area contributed by atoms with Gasteiger partial charge in [0.2, 0.25) is 11.8 Å². The summed E-state index contributed by atoms with van der Waals surface area (Å²) < 4.78 is 5.32. The minimum Gasteiger partial charge on any atom is -0.497 e. The maximum absolute atomic E-state index is 13.3. The molecule has 0 aliphatic carbocycles. The maximum Gasteiger partial charge on any atom is 0.242 e. The highest BCUT2D eigenvalue weighted by Crippen LogP contribution is 2.23. The molecule has 1 N–H and O–H groups in total. The fraction of sp³-hybridized carbons (Fsp3) is 0.440. The number of ether oxygens (including phenoxy) is 1. The first-order chi connectivity index (χ1) is 15.3. The zero-order chi connectivity index (χ0) is 23.5. The molecule has 0 heterocycles. The molecule has 2 aromatic carbocycles. The lowest BCUT2D eigenvalue weighted by Gasteiger charge is -2.31. The van der Waals surface area contributed by atoms with E-state index in [2.05, 4.69) is 5.32 Å². The number of halogens is 1. The van der Waals surface area contributed by atoms with Crippen molar-refractivity contribution in [2.45, 2.75) is 51.1 Å². The van der Waals surface area contributed by atoms with Crippen molar-refractivity contribution in [3.05, 3.63) is 59.1 Å². The Kier molecular flexibility index (Phi) is 10.9. The fourth-order valence-electron chi connectivity index (χ4n) is 3.24. The van der Waals surface area contributed by atoms with Gasteiger partial charge in [-0.2, -0.15) is 0 Å². The number of rotatable bonds is 12. The summed E-state index contributed by atoms with van der Waals surface area (Å²) >= 11 is 7.55. The van der Waals surface area contributed by atoms with E-state index in [4.69, 9.17) is 16.3 Å². The molecule has 1 atom stereocenters. The van der Waals surface area contributed by atoms with Crippen LogP contribution in [0.4, 0.5) is 0 Å². The summed E-state index contributed by atoms with van der Waals surface area (Å²) in [6.07, 6.45) is 0.884. The minimum atomic E-state index is -0.520. The molecule has 2 aromatic rings. The summed E-state index contributed by atoms with van der Waals surface area (Å²) in [4.78, 5) is 28.9. The predicted octanol–water partition coefficient (Wildman–Crippen LogP) is 5.41. The average molecular weight is 477 g/mol. The zero-order valence-corrected chi connectivity index (χ0v) is 20.8. The van der Waals surface area contributed by atoms with Gasteiger partial charge in [-0.25, -0.2) is 0 Å². The summed E-state index contributed by atoms with van der Waals surface area (Å²) in [6.45, 7) is 6.98. The van der Waals surface area contributed by atoms with Gasteiger partial charge in [0.25, 0.3) is 0 Å². The van der Waals surface area contributed by atoms with Gasteiger partial charge in [0, 0.05) is 35.2 Å². The molecule has 1 unspecified atom stereocenters. The molecule has 0 saturated heterocycles. The van der Waals surface area contributed by atoms with Gasteiger partial charge in [-0.1, -0.05) is 44.5 Å². The van der Waals surface area contributed by atoms with Gasteiger partial charge in [-0.05, 0) is 54.3 Å². The Balaban J connectivity index is 2.13. The van der Waals surface area contributed by atoms with Crippen LogP contribution in [0.3, 0.4) is 0 Å². The van der Waals surface area contributed by atoms with Gasteiger partial charge in [-0.3, -0.25) is 9.59 Å². The summed E-state index contributed by atoms with van der Waals surface area (Å²) in [6, 6.07) is 14.7. The molecular weight excluding hydrogens is 444 g/mol. The van der Waals surface area contributed by atoms with Crippen LogP contribution in [0.15, 0.2) is 53.4 Å². The van der Waals surface area contributed by atoms with Crippen molar-refractivity contribution in [1.29, 1.82) is 0 Å². The second-order valence-electron chi connectivity index (χ2n) is 7.99. The highest BCUT2D eigenvalue weighted by Gasteiger charge is 2.28. The molecular formula is C25H33ClN2O3S. The van der Waals surface area contributed by atoms with Crippen LogP contribution in [0.2, 0.25) is 5.02 Å². The van der Waals surface area contributed by atoms with E-state index in [-0.39, 0.29) is 11.8 Å². The number of hydrogen-bond donors (Lipinski definition) is 1. The standard InChI is InChI=1S/C25H33ClN2O3S/c1-5-23(25(30)27-16-18(2)3)28(17-19-7-6-8-21(15-19)31-4)24(29)13-14-32-22-11-9-20(26)10-12-22/h6-12,15,18,23H,5,13-14,16-17H2,1-4H3,(H,27,30). The van der Waals surface area contributed by atoms with Crippen molar-refractivity contribution >= 4 is 35.2 Å². The van der Waals surface area contributed by atoms with E-state index in [0.717, 1.165) is 16.2 Å². The van der Waals surface area contributed by atoms with Crippen LogP contribution in [-0.4, -0.2) is 42.2 Å². The van der Waals surface area contributed by atoms with Gasteiger partial charge >= 0.3 is 0 Å². The van der Waals surface area contributed by atoms with Crippen molar-refractivity contribution in [2.75, 3.05) is 19.4 Å². The first-order valence-corrected chi connectivity index (χ1v) is 12.3. The molecule has 0 aliphatic rings. The maximum atomic E-state index is 13.3. The summed E-state index contributed by atoms with van der Waals surface area (Å²) in [5.74, 6) is 1.54. The van der Waals surface area contributed by atoms with Crippen LogP contribution in [-0.2, 0) is 16.1 Å². The number of thioether (sulfide) groups is 1. The SMILES string of the molecule is CCC(C(=O)NCC(C)C)N(Cc1cccc(OC)c1)C(=O)CCSc1ccc(Cl)cc1. The highest BCUT2D eigenvalue weighted by molar-refractivity contribution is 7.99. The average Bonchev–Trinajstić information content (AvgIpc) is 2.78. The molecule has 0 radical (unpaired) electrons. The third-order valence-corrected chi connectivity index (χ3v) is 6.22.